The van der Waals surface area contributed by atoms with Crippen molar-refractivity contribution in [2.24, 2.45) is 5.14 Å². The fraction of sp³-hybridized carbons (Fsp3) is 0. The molecule has 0 bridgehead atoms. The molecule has 18 heavy (non-hydrogen) atoms. The van der Waals surface area contributed by atoms with Gasteiger partial charge in [0.15, 0.2) is 0 Å². The Hall–Kier alpha value is -2.19. The molecule has 3 N–H and O–H groups in total. The molecule has 0 spiro atoms. The highest BCUT2D eigenvalue weighted by atomic mass is 32.2. The monoisotopic (exact) mass is 268 g/mol. The van der Waals surface area contributed by atoms with Crippen molar-refractivity contribution in [1.82, 2.24) is 3.97 Å². The van der Waals surface area contributed by atoms with Gasteiger partial charge in [-0.15, -0.1) is 0 Å². The summed E-state index contributed by atoms with van der Waals surface area (Å²) in [4.78, 5) is 22.7. The van der Waals surface area contributed by atoms with Crippen LogP contribution >= 0.6 is 0 Å². The van der Waals surface area contributed by atoms with Gasteiger partial charge in [-0.05, 0) is 12.1 Å². The Morgan fingerprint density at radius 3 is 2.44 bits per heavy atom. The van der Waals surface area contributed by atoms with E-state index in [9.17, 15) is 18.0 Å². The molecule has 1 aromatic heterocycles. The van der Waals surface area contributed by atoms with E-state index in [1.165, 1.54) is 24.3 Å². The van der Waals surface area contributed by atoms with E-state index in [2.05, 4.69) is 0 Å². The quantitative estimate of drug-likeness (QED) is 0.778. The van der Waals surface area contributed by atoms with Crippen LogP contribution in [0.25, 0.3) is 10.9 Å². The summed E-state index contributed by atoms with van der Waals surface area (Å²) in [5, 5.41) is 13.8. The number of para-hydroxylation sites is 1. The SMILES string of the molecule is NS(=O)(=O)n1cc(C(=O)O)c(=O)c2ccccc21. The van der Waals surface area contributed by atoms with Crippen LogP contribution in [0.2, 0.25) is 0 Å². The number of hydrogen-bond acceptors (Lipinski definition) is 4. The van der Waals surface area contributed by atoms with E-state index in [0.717, 1.165) is 0 Å². The lowest BCUT2D eigenvalue weighted by Crippen LogP contribution is -2.27. The van der Waals surface area contributed by atoms with Gasteiger partial charge in [0.25, 0.3) is 0 Å². The smallest absolute Gasteiger partial charge is 0.341 e. The maximum atomic E-state index is 11.8. The number of benzene rings is 1. The third-order valence-electron chi connectivity index (χ3n) is 2.38. The number of fused-ring (bicyclic) bond motifs is 1. The van der Waals surface area contributed by atoms with Gasteiger partial charge in [0.2, 0.25) is 5.43 Å². The maximum Gasteiger partial charge on any atom is 0.341 e. The first-order chi connectivity index (χ1) is 8.32. The molecule has 2 rings (SSSR count). The topological polar surface area (TPSA) is 119 Å². The van der Waals surface area contributed by atoms with E-state index in [0.29, 0.717) is 10.2 Å². The van der Waals surface area contributed by atoms with Gasteiger partial charge in [-0.3, -0.25) is 4.79 Å². The second kappa shape index (κ2) is 3.93. The minimum atomic E-state index is -4.19. The molecule has 8 heteroatoms. The average molecular weight is 268 g/mol. The van der Waals surface area contributed by atoms with Gasteiger partial charge in [-0.2, -0.15) is 8.42 Å². The van der Waals surface area contributed by atoms with Crippen LogP contribution in [0.4, 0.5) is 0 Å². The molecule has 0 aliphatic rings. The lowest BCUT2D eigenvalue weighted by molar-refractivity contribution is 0.0695. The van der Waals surface area contributed by atoms with Crippen molar-refractivity contribution in [3.05, 3.63) is 46.2 Å². The normalized spacial score (nSPS) is 11.6. The molecule has 0 aliphatic heterocycles. The van der Waals surface area contributed by atoms with Gasteiger partial charge in [-0.1, -0.05) is 12.1 Å². The predicted octanol–water partition coefficient (Wildman–Crippen LogP) is -0.249. The zero-order chi connectivity index (χ0) is 13.5. The zero-order valence-electron chi connectivity index (χ0n) is 8.90. The zero-order valence-corrected chi connectivity index (χ0v) is 9.72. The first-order valence-electron chi connectivity index (χ1n) is 4.73. The summed E-state index contributed by atoms with van der Waals surface area (Å²) in [6.45, 7) is 0. The molecule has 0 saturated heterocycles. The molecular formula is C10H8N2O5S. The highest BCUT2D eigenvalue weighted by Gasteiger charge is 2.18. The maximum absolute atomic E-state index is 11.8. The van der Waals surface area contributed by atoms with Crippen molar-refractivity contribution in [3.8, 4) is 0 Å². The Bertz CT molecular complexity index is 807. The molecular weight excluding hydrogens is 260 g/mol. The number of carbonyl (C=O) groups is 1. The van der Waals surface area contributed by atoms with Crippen LogP contribution in [0.5, 0.6) is 0 Å². The first kappa shape index (κ1) is 12.3. The Morgan fingerprint density at radius 2 is 1.89 bits per heavy atom. The molecule has 0 amide bonds. The summed E-state index contributed by atoms with van der Waals surface area (Å²) < 4.78 is 23.3. The van der Waals surface area contributed by atoms with Gasteiger partial charge in [0.1, 0.15) is 5.56 Å². The van der Waals surface area contributed by atoms with E-state index in [1.807, 2.05) is 0 Å². The van der Waals surface area contributed by atoms with Crippen molar-refractivity contribution in [2.75, 3.05) is 0 Å². The Balaban J connectivity index is 3.08. The summed E-state index contributed by atoms with van der Waals surface area (Å²) in [7, 11) is -4.19. The second-order valence-corrected chi connectivity index (χ2v) is 4.96. The lowest BCUT2D eigenvalue weighted by Gasteiger charge is -2.09. The number of nitrogens with two attached hydrogens (primary N) is 1. The summed E-state index contributed by atoms with van der Waals surface area (Å²) in [6.07, 6.45) is 0.711. The van der Waals surface area contributed by atoms with Crippen LogP contribution in [-0.2, 0) is 10.2 Å². The van der Waals surface area contributed by atoms with E-state index in [-0.39, 0.29) is 10.9 Å². The molecule has 0 saturated carbocycles. The molecule has 0 unspecified atom stereocenters. The third kappa shape index (κ3) is 1.87. The standard InChI is InChI=1S/C10H8N2O5S/c11-18(16,17)12-5-7(10(14)15)9(13)6-3-1-2-4-8(6)12/h1-5H,(H,14,15)(H2,11,16,17). The minimum Gasteiger partial charge on any atom is -0.477 e. The van der Waals surface area contributed by atoms with Gasteiger partial charge in [0, 0.05) is 11.6 Å². The molecule has 1 aromatic carbocycles. The van der Waals surface area contributed by atoms with E-state index in [1.54, 1.807) is 0 Å². The molecule has 0 fully saturated rings. The van der Waals surface area contributed by atoms with Gasteiger partial charge in [0.05, 0.1) is 5.52 Å². The number of hydrogen-bond donors (Lipinski definition) is 2. The van der Waals surface area contributed by atoms with Gasteiger partial charge in [-0.25, -0.2) is 13.9 Å². The van der Waals surface area contributed by atoms with Crippen molar-refractivity contribution in [3.63, 3.8) is 0 Å². The minimum absolute atomic E-state index is 0.0218. The fourth-order valence-corrected chi connectivity index (χ4v) is 2.30. The van der Waals surface area contributed by atoms with Crippen molar-refractivity contribution >= 4 is 27.1 Å². The molecule has 0 aliphatic carbocycles. The molecule has 0 atom stereocenters. The largest absolute Gasteiger partial charge is 0.477 e. The molecule has 2 aromatic rings. The molecule has 94 valence electrons. The van der Waals surface area contributed by atoms with Gasteiger partial charge >= 0.3 is 16.2 Å². The highest BCUT2D eigenvalue weighted by molar-refractivity contribution is 7.87. The van der Waals surface area contributed by atoms with E-state index < -0.39 is 27.2 Å². The number of carboxylic acids is 1. The van der Waals surface area contributed by atoms with Crippen LogP contribution in [0.3, 0.4) is 0 Å². The number of rotatable bonds is 2. The average Bonchev–Trinajstić information content (AvgIpc) is 2.27. The van der Waals surface area contributed by atoms with Crippen molar-refractivity contribution < 1.29 is 18.3 Å². The molecule has 1 heterocycles. The van der Waals surface area contributed by atoms with Crippen LogP contribution in [-0.4, -0.2) is 23.5 Å². The molecule has 0 radical (unpaired) electrons. The van der Waals surface area contributed by atoms with E-state index in [4.69, 9.17) is 10.2 Å². The van der Waals surface area contributed by atoms with Crippen LogP contribution < -0.4 is 10.6 Å². The summed E-state index contributed by atoms with van der Waals surface area (Å²) >= 11 is 0. The number of pyridine rings is 1. The second-order valence-electron chi connectivity index (χ2n) is 3.53. The number of carboxylic acid groups (broad SMARTS) is 1. The lowest BCUT2D eigenvalue weighted by atomic mass is 10.1. The highest BCUT2D eigenvalue weighted by Crippen LogP contribution is 2.12. The van der Waals surface area contributed by atoms with Crippen LogP contribution in [0, 0.1) is 0 Å². The first-order valence-corrected chi connectivity index (χ1v) is 6.23. The summed E-state index contributed by atoms with van der Waals surface area (Å²) in [5.41, 5.74) is -1.37. The van der Waals surface area contributed by atoms with Crippen molar-refractivity contribution in [1.29, 1.82) is 0 Å². The third-order valence-corrected chi connectivity index (χ3v) is 3.23. The fourth-order valence-electron chi connectivity index (χ4n) is 1.61. The number of aromatic nitrogens is 1. The van der Waals surface area contributed by atoms with Gasteiger partial charge < -0.3 is 5.11 Å². The van der Waals surface area contributed by atoms with E-state index >= 15 is 0 Å². The van der Waals surface area contributed by atoms with Crippen LogP contribution in [0.15, 0.2) is 35.3 Å². The molecule has 7 nitrogen and oxygen atoms in total. The number of aromatic carboxylic acids is 1. The Kier molecular flexibility index (Phi) is 2.68. The predicted molar refractivity (Wildman–Crippen MR) is 63.7 cm³/mol. The Labute approximate surface area is 101 Å². The Morgan fingerprint density at radius 1 is 1.28 bits per heavy atom. The summed E-state index contributed by atoms with van der Waals surface area (Å²) in [5.74, 6) is -1.51. The van der Waals surface area contributed by atoms with Crippen LogP contribution in [0.1, 0.15) is 10.4 Å². The van der Waals surface area contributed by atoms with Crippen molar-refractivity contribution in [2.45, 2.75) is 0 Å². The number of nitrogens with zero attached hydrogens (tertiary/aromatic N) is 1. The summed E-state index contributed by atoms with van der Waals surface area (Å²) in [6, 6.07) is 5.73.